The van der Waals surface area contributed by atoms with Gasteiger partial charge in [-0.3, -0.25) is 4.98 Å². The van der Waals surface area contributed by atoms with E-state index in [9.17, 15) is 8.42 Å². The van der Waals surface area contributed by atoms with Gasteiger partial charge in [0.1, 0.15) is 5.75 Å². The predicted octanol–water partition coefficient (Wildman–Crippen LogP) is 8.13. The summed E-state index contributed by atoms with van der Waals surface area (Å²) >= 11 is 6.19. The first-order chi connectivity index (χ1) is 17.0. The SMILES string of the molecule is CCCC(CCC(C)C(C)c1ncc(Cl)cc1CC)C1CC1(C)CCOc1ccc(S(C)(=O)=O)cc1. The Morgan fingerprint density at radius 1 is 1.14 bits per heavy atom. The molecule has 0 radical (unpaired) electrons. The molecular weight excluding hydrogens is 490 g/mol. The second kappa shape index (κ2) is 12.3. The molecule has 200 valence electrons. The fourth-order valence-corrected chi connectivity index (χ4v) is 6.56. The van der Waals surface area contributed by atoms with Gasteiger partial charge in [-0.2, -0.15) is 0 Å². The third-order valence-corrected chi connectivity index (χ3v) is 9.81. The Hall–Kier alpha value is -1.59. The van der Waals surface area contributed by atoms with E-state index in [0.717, 1.165) is 35.4 Å². The van der Waals surface area contributed by atoms with E-state index >= 15 is 0 Å². The van der Waals surface area contributed by atoms with Gasteiger partial charge in [0.05, 0.1) is 16.5 Å². The molecule has 0 bridgehead atoms. The molecule has 0 aliphatic heterocycles. The first-order valence-corrected chi connectivity index (χ1v) is 15.8. The van der Waals surface area contributed by atoms with Crippen molar-refractivity contribution in [1.29, 1.82) is 0 Å². The normalized spacial score (nSPS) is 22.1. The first-order valence-electron chi connectivity index (χ1n) is 13.6. The Kier molecular flexibility index (Phi) is 9.90. The predicted molar refractivity (Wildman–Crippen MR) is 150 cm³/mol. The van der Waals surface area contributed by atoms with E-state index in [1.807, 2.05) is 0 Å². The van der Waals surface area contributed by atoms with Crippen LogP contribution in [-0.4, -0.2) is 26.3 Å². The van der Waals surface area contributed by atoms with Crippen LogP contribution in [0.2, 0.25) is 5.02 Å². The number of halogens is 1. The van der Waals surface area contributed by atoms with Gasteiger partial charge in [0.25, 0.3) is 0 Å². The number of pyridine rings is 1. The van der Waals surface area contributed by atoms with Gasteiger partial charge in [-0.25, -0.2) is 8.42 Å². The third-order valence-electron chi connectivity index (χ3n) is 8.47. The summed E-state index contributed by atoms with van der Waals surface area (Å²) in [6, 6.07) is 8.82. The molecule has 1 aromatic heterocycles. The Bertz CT molecular complexity index is 1100. The Morgan fingerprint density at radius 2 is 1.83 bits per heavy atom. The standard InChI is InChI=1S/C30H44ClNO3S/c1-7-9-24(11-10-21(3)22(4)29-23(8-2)18-25(31)20-32-29)28-19-30(28,5)16-17-35-26-12-14-27(15-13-26)36(6,33)34/h12-15,18,20-22,24,28H,7-11,16-17,19H2,1-6H3. The highest BCUT2D eigenvalue weighted by molar-refractivity contribution is 7.90. The lowest BCUT2D eigenvalue weighted by atomic mass is 9.81. The van der Waals surface area contributed by atoms with Crippen LogP contribution in [0, 0.1) is 23.2 Å². The summed E-state index contributed by atoms with van der Waals surface area (Å²) in [5.74, 6) is 3.25. The molecule has 1 saturated carbocycles. The fraction of sp³-hybridized carbons (Fsp3) is 0.633. The molecule has 1 aromatic carbocycles. The van der Waals surface area contributed by atoms with Gasteiger partial charge in [0.15, 0.2) is 9.84 Å². The summed E-state index contributed by atoms with van der Waals surface area (Å²) in [5.41, 5.74) is 2.82. The minimum Gasteiger partial charge on any atom is -0.494 e. The van der Waals surface area contributed by atoms with Gasteiger partial charge in [-0.1, -0.05) is 59.1 Å². The van der Waals surface area contributed by atoms with E-state index in [4.69, 9.17) is 21.3 Å². The molecule has 0 spiro atoms. The van der Waals surface area contributed by atoms with Crippen molar-refractivity contribution < 1.29 is 13.2 Å². The average molecular weight is 534 g/mol. The number of nitrogens with zero attached hydrogens (tertiary/aromatic N) is 1. The molecule has 5 atom stereocenters. The lowest BCUT2D eigenvalue weighted by molar-refractivity contribution is 0.242. The van der Waals surface area contributed by atoms with Crippen molar-refractivity contribution in [1.82, 2.24) is 4.98 Å². The number of hydrogen-bond acceptors (Lipinski definition) is 4. The maximum atomic E-state index is 11.6. The molecule has 0 saturated heterocycles. The molecule has 1 heterocycles. The van der Waals surface area contributed by atoms with Crippen molar-refractivity contribution in [3.63, 3.8) is 0 Å². The number of benzene rings is 1. The zero-order valence-corrected chi connectivity index (χ0v) is 24.5. The lowest BCUT2D eigenvalue weighted by Gasteiger charge is -2.25. The molecule has 1 aliphatic carbocycles. The first kappa shape index (κ1) is 29.0. The second-order valence-electron chi connectivity index (χ2n) is 11.3. The molecule has 0 N–H and O–H groups in total. The summed E-state index contributed by atoms with van der Waals surface area (Å²) in [4.78, 5) is 5.03. The lowest BCUT2D eigenvalue weighted by Crippen LogP contribution is -2.16. The molecule has 0 amide bonds. The molecule has 4 nitrogen and oxygen atoms in total. The number of sulfone groups is 1. The summed E-state index contributed by atoms with van der Waals surface area (Å²) in [5, 5.41) is 0.724. The Morgan fingerprint density at radius 3 is 2.44 bits per heavy atom. The molecule has 6 heteroatoms. The van der Waals surface area contributed by atoms with Crippen LogP contribution in [-0.2, 0) is 16.3 Å². The number of rotatable bonds is 14. The van der Waals surface area contributed by atoms with Crippen molar-refractivity contribution in [2.45, 2.75) is 90.4 Å². The minimum atomic E-state index is -3.18. The summed E-state index contributed by atoms with van der Waals surface area (Å²) in [7, 11) is -3.18. The van der Waals surface area contributed by atoms with Crippen LogP contribution in [0.25, 0.3) is 0 Å². The van der Waals surface area contributed by atoms with Crippen molar-refractivity contribution in [3.8, 4) is 5.75 Å². The molecule has 5 unspecified atom stereocenters. The highest BCUT2D eigenvalue weighted by atomic mass is 35.5. The zero-order valence-electron chi connectivity index (χ0n) is 22.9. The average Bonchev–Trinajstić information content (AvgIpc) is 3.51. The van der Waals surface area contributed by atoms with E-state index in [-0.39, 0.29) is 0 Å². The van der Waals surface area contributed by atoms with E-state index in [1.54, 1.807) is 30.5 Å². The van der Waals surface area contributed by atoms with Gasteiger partial charge in [-0.05, 0) is 91.2 Å². The largest absolute Gasteiger partial charge is 0.494 e. The number of ether oxygens (including phenoxy) is 1. The number of aromatic nitrogens is 1. The fourth-order valence-electron chi connectivity index (χ4n) is 5.75. The smallest absolute Gasteiger partial charge is 0.175 e. The molecule has 3 rings (SSSR count). The third kappa shape index (κ3) is 7.47. The highest BCUT2D eigenvalue weighted by Gasteiger charge is 2.52. The van der Waals surface area contributed by atoms with E-state index in [2.05, 4.69) is 40.7 Å². The Labute approximate surface area is 224 Å². The topological polar surface area (TPSA) is 56.3 Å². The van der Waals surface area contributed by atoms with Crippen LogP contribution in [0.5, 0.6) is 5.75 Å². The van der Waals surface area contributed by atoms with Crippen molar-refractivity contribution in [3.05, 3.63) is 52.8 Å². The summed E-state index contributed by atoms with van der Waals surface area (Å²) < 4.78 is 29.3. The van der Waals surface area contributed by atoms with Gasteiger partial charge >= 0.3 is 0 Å². The maximum Gasteiger partial charge on any atom is 0.175 e. The van der Waals surface area contributed by atoms with E-state index < -0.39 is 9.84 Å². The second-order valence-corrected chi connectivity index (χ2v) is 13.7. The van der Waals surface area contributed by atoms with Crippen molar-refractivity contribution in [2.75, 3.05) is 12.9 Å². The summed E-state index contributed by atoms with van der Waals surface area (Å²) in [6.07, 6.45) is 11.3. The van der Waals surface area contributed by atoms with E-state index in [1.165, 1.54) is 49.6 Å². The highest BCUT2D eigenvalue weighted by Crippen LogP contribution is 2.60. The van der Waals surface area contributed by atoms with Crippen LogP contribution in [0.15, 0.2) is 41.4 Å². The zero-order chi connectivity index (χ0) is 26.5. The Balaban J connectivity index is 1.51. The maximum absolute atomic E-state index is 11.6. The van der Waals surface area contributed by atoms with E-state index in [0.29, 0.717) is 28.8 Å². The molecular formula is C30H44ClNO3S. The molecule has 36 heavy (non-hydrogen) atoms. The van der Waals surface area contributed by atoms with Gasteiger partial charge in [0.2, 0.25) is 0 Å². The van der Waals surface area contributed by atoms with Gasteiger partial charge in [-0.15, -0.1) is 0 Å². The van der Waals surface area contributed by atoms with Crippen molar-refractivity contribution in [2.24, 2.45) is 23.2 Å². The number of aryl methyl sites for hydroxylation is 1. The van der Waals surface area contributed by atoms with Gasteiger partial charge < -0.3 is 4.74 Å². The monoisotopic (exact) mass is 533 g/mol. The van der Waals surface area contributed by atoms with Crippen LogP contribution in [0.3, 0.4) is 0 Å². The molecule has 1 aliphatic rings. The van der Waals surface area contributed by atoms with Crippen LogP contribution in [0.4, 0.5) is 0 Å². The van der Waals surface area contributed by atoms with Crippen molar-refractivity contribution >= 4 is 21.4 Å². The number of hydrogen-bond donors (Lipinski definition) is 0. The van der Waals surface area contributed by atoms with Crippen LogP contribution >= 0.6 is 11.6 Å². The minimum absolute atomic E-state index is 0.327. The van der Waals surface area contributed by atoms with Crippen LogP contribution in [0.1, 0.15) is 90.3 Å². The van der Waals surface area contributed by atoms with Crippen LogP contribution < -0.4 is 4.74 Å². The van der Waals surface area contributed by atoms with Gasteiger partial charge in [0, 0.05) is 24.1 Å². The summed E-state index contributed by atoms with van der Waals surface area (Å²) in [6.45, 7) is 12.2. The quantitative estimate of drug-likeness (QED) is 0.246. The molecule has 2 aromatic rings. The molecule has 1 fully saturated rings.